The Kier molecular flexibility index (Phi) is 6.39. The van der Waals surface area contributed by atoms with E-state index in [4.69, 9.17) is 40.2 Å². The summed E-state index contributed by atoms with van der Waals surface area (Å²) in [5, 5.41) is 5.33. The van der Waals surface area contributed by atoms with E-state index >= 15 is 0 Å². The van der Waals surface area contributed by atoms with E-state index in [0.29, 0.717) is 33.7 Å². The zero-order valence-corrected chi connectivity index (χ0v) is 17.3. The van der Waals surface area contributed by atoms with Crippen molar-refractivity contribution in [1.82, 2.24) is 14.2 Å². The number of nitrogens with zero attached hydrogens (tertiary/aromatic N) is 3. The van der Waals surface area contributed by atoms with Gasteiger partial charge in [-0.25, -0.2) is 0 Å². The first kappa shape index (κ1) is 20.8. The van der Waals surface area contributed by atoms with E-state index < -0.39 is 6.61 Å². The van der Waals surface area contributed by atoms with Crippen molar-refractivity contribution in [1.29, 1.82) is 0 Å². The van der Waals surface area contributed by atoms with Gasteiger partial charge in [0.15, 0.2) is 23.8 Å². The van der Waals surface area contributed by atoms with Crippen molar-refractivity contribution in [2.75, 3.05) is 14.2 Å². The van der Waals surface area contributed by atoms with Crippen molar-refractivity contribution in [3.8, 4) is 11.5 Å². The van der Waals surface area contributed by atoms with Crippen LogP contribution in [0.15, 0.2) is 30.5 Å². The zero-order chi connectivity index (χ0) is 20.4. The van der Waals surface area contributed by atoms with E-state index in [1.807, 2.05) is 7.05 Å². The molecule has 150 valence electrons. The van der Waals surface area contributed by atoms with Crippen molar-refractivity contribution < 1.29 is 23.2 Å². The van der Waals surface area contributed by atoms with Crippen LogP contribution in [0.2, 0.25) is 10.0 Å². The fourth-order valence-electron chi connectivity index (χ4n) is 2.82. The standard InChI is InChI=1S/C17H16Cl2F2N4O2S/c1-23(7-10-3-4-13(27-16(20)21)14(5-10)26-2)9-25-17(28)24-8-11(18)6-12(19)15(24)22-25/h3-6,8,16H,7,9H2,1-2H3/p+1. The Bertz CT molecular complexity index is 1060. The maximum absolute atomic E-state index is 12.4. The Morgan fingerprint density at radius 1 is 1.25 bits per heavy atom. The summed E-state index contributed by atoms with van der Waals surface area (Å²) in [6, 6.07) is 6.45. The lowest BCUT2D eigenvalue weighted by atomic mass is 10.2. The quantitative estimate of drug-likeness (QED) is 0.561. The summed E-state index contributed by atoms with van der Waals surface area (Å²) >= 11 is 17.7. The molecular formula is C17H17Cl2F2N4O2S+. The third kappa shape index (κ3) is 4.54. The highest BCUT2D eigenvalue weighted by Gasteiger charge is 2.15. The van der Waals surface area contributed by atoms with E-state index in [2.05, 4.69) is 9.84 Å². The summed E-state index contributed by atoms with van der Waals surface area (Å²) in [4.78, 5) is 1.05. The molecule has 3 rings (SSSR count). The van der Waals surface area contributed by atoms with Crippen LogP contribution in [-0.2, 0) is 13.2 Å². The minimum Gasteiger partial charge on any atom is -0.493 e. The molecule has 2 heterocycles. The Balaban J connectivity index is 1.78. The molecule has 1 N–H and O–H groups in total. The molecule has 1 aromatic carbocycles. The van der Waals surface area contributed by atoms with Gasteiger partial charge in [-0.05, 0) is 36.5 Å². The van der Waals surface area contributed by atoms with Gasteiger partial charge in [-0.3, -0.25) is 4.40 Å². The predicted octanol–water partition coefficient (Wildman–Crippen LogP) is 3.45. The minimum atomic E-state index is -2.91. The molecule has 0 saturated heterocycles. The smallest absolute Gasteiger partial charge is 0.387 e. The lowest BCUT2D eigenvalue weighted by Gasteiger charge is -2.15. The van der Waals surface area contributed by atoms with Gasteiger partial charge in [0.05, 0.1) is 24.2 Å². The van der Waals surface area contributed by atoms with Crippen molar-refractivity contribution in [3.05, 3.63) is 50.8 Å². The van der Waals surface area contributed by atoms with Gasteiger partial charge in [-0.1, -0.05) is 23.2 Å². The molecule has 0 amide bonds. The number of pyridine rings is 1. The second-order valence-corrected chi connectivity index (χ2v) is 7.35. The fourth-order valence-corrected chi connectivity index (χ4v) is 3.58. The van der Waals surface area contributed by atoms with Gasteiger partial charge in [0.2, 0.25) is 4.77 Å². The molecule has 11 heteroatoms. The number of aromatic nitrogens is 3. The molecule has 0 spiro atoms. The van der Waals surface area contributed by atoms with Gasteiger partial charge < -0.3 is 14.4 Å². The van der Waals surface area contributed by atoms with Crippen LogP contribution in [0.5, 0.6) is 11.5 Å². The van der Waals surface area contributed by atoms with E-state index in [-0.39, 0.29) is 11.5 Å². The molecule has 6 nitrogen and oxygen atoms in total. The first-order valence-corrected chi connectivity index (χ1v) is 9.32. The Morgan fingerprint density at radius 3 is 2.68 bits per heavy atom. The number of hydrogen-bond donors (Lipinski definition) is 1. The summed E-state index contributed by atoms with van der Waals surface area (Å²) < 4.78 is 38.3. The molecule has 0 saturated carbocycles. The van der Waals surface area contributed by atoms with Gasteiger partial charge in [0.25, 0.3) is 0 Å². The fraction of sp³-hybridized carbons (Fsp3) is 0.294. The second kappa shape index (κ2) is 8.60. The van der Waals surface area contributed by atoms with Crippen molar-refractivity contribution in [3.63, 3.8) is 0 Å². The van der Waals surface area contributed by atoms with E-state index in [1.165, 1.54) is 13.2 Å². The summed E-state index contributed by atoms with van der Waals surface area (Å²) in [6.07, 6.45) is 1.66. The van der Waals surface area contributed by atoms with E-state index in [0.717, 1.165) is 10.5 Å². The van der Waals surface area contributed by atoms with Gasteiger partial charge >= 0.3 is 6.61 Å². The topological polar surface area (TPSA) is 45.1 Å². The maximum atomic E-state index is 12.4. The summed E-state index contributed by atoms with van der Waals surface area (Å²) in [6.45, 7) is -1.87. The molecule has 1 unspecified atom stereocenters. The van der Waals surface area contributed by atoms with E-state index in [9.17, 15) is 8.78 Å². The number of fused-ring (bicyclic) bond motifs is 1. The number of ether oxygens (including phenoxy) is 2. The number of rotatable bonds is 7. The molecule has 0 bridgehead atoms. The van der Waals surface area contributed by atoms with Crippen LogP contribution < -0.4 is 14.4 Å². The van der Waals surface area contributed by atoms with Crippen LogP contribution in [-0.4, -0.2) is 35.0 Å². The van der Waals surface area contributed by atoms with Crippen LogP contribution in [0, 0.1) is 4.77 Å². The molecule has 0 aliphatic heterocycles. The largest absolute Gasteiger partial charge is 0.493 e. The van der Waals surface area contributed by atoms with Crippen LogP contribution in [0.1, 0.15) is 5.56 Å². The van der Waals surface area contributed by atoms with Crippen LogP contribution in [0.25, 0.3) is 5.65 Å². The Labute approximate surface area is 174 Å². The average molecular weight is 450 g/mol. The Morgan fingerprint density at radius 2 is 2.00 bits per heavy atom. The molecule has 0 radical (unpaired) electrons. The highest BCUT2D eigenvalue weighted by atomic mass is 35.5. The number of nitrogens with one attached hydrogen (secondary N) is 1. The molecule has 1 atom stereocenters. The van der Waals surface area contributed by atoms with Crippen molar-refractivity contribution in [2.24, 2.45) is 0 Å². The third-order valence-electron chi connectivity index (χ3n) is 3.97. The zero-order valence-electron chi connectivity index (χ0n) is 15.0. The van der Waals surface area contributed by atoms with E-state index in [1.54, 1.807) is 33.5 Å². The average Bonchev–Trinajstić information content (AvgIpc) is 2.92. The molecule has 0 fully saturated rings. The number of methoxy groups -OCH3 is 1. The first-order chi connectivity index (χ1) is 13.3. The number of alkyl halides is 2. The molecular weight excluding hydrogens is 433 g/mol. The van der Waals surface area contributed by atoms with Crippen LogP contribution in [0.3, 0.4) is 0 Å². The minimum absolute atomic E-state index is 0.00649. The molecule has 2 aromatic heterocycles. The van der Waals surface area contributed by atoms with Gasteiger partial charge in [-0.2, -0.15) is 13.5 Å². The van der Waals surface area contributed by atoms with Gasteiger partial charge in [0, 0.05) is 11.8 Å². The SMILES string of the molecule is COc1cc(C[NH+](C)Cn2nc3c(Cl)cc(Cl)cn3c2=S)ccc1OC(F)F. The highest BCUT2D eigenvalue weighted by molar-refractivity contribution is 7.71. The van der Waals surface area contributed by atoms with Gasteiger partial charge in [-0.15, -0.1) is 5.10 Å². The predicted molar refractivity (Wildman–Crippen MR) is 104 cm³/mol. The van der Waals surface area contributed by atoms with Gasteiger partial charge in [0.1, 0.15) is 6.54 Å². The van der Waals surface area contributed by atoms with Crippen molar-refractivity contribution in [2.45, 2.75) is 19.8 Å². The lowest BCUT2D eigenvalue weighted by molar-refractivity contribution is -0.917. The first-order valence-electron chi connectivity index (χ1n) is 8.15. The second-order valence-electron chi connectivity index (χ2n) is 6.14. The summed E-state index contributed by atoms with van der Waals surface area (Å²) in [7, 11) is 3.36. The molecule has 28 heavy (non-hydrogen) atoms. The molecule has 3 aromatic rings. The monoisotopic (exact) mass is 449 g/mol. The lowest BCUT2D eigenvalue weighted by Crippen LogP contribution is -3.07. The normalized spacial score (nSPS) is 12.5. The van der Waals surface area contributed by atoms with Crippen LogP contribution >= 0.6 is 35.4 Å². The number of benzene rings is 1. The van der Waals surface area contributed by atoms with Crippen molar-refractivity contribution >= 4 is 41.1 Å². The van der Waals surface area contributed by atoms with Crippen LogP contribution in [0.4, 0.5) is 8.78 Å². The molecule has 0 aliphatic carbocycles. The summed E-state index contributed by atoms with van der Waals surface area (Å²) in [5.41, 5.74) is 1.41. The number of hydrogen-bond acceptors (Lipinski definition) is 4. The summed E-state index contributed by atoms with van der Waals surface area (Å²) in [5.74, 6) is 0.240. The number of quaternary nitrogens is 1. The Hall–Kier alpha value is -1.94. The highest BCUT2D eigenvalue weighted by Crippen LogP contribution is 2.29. The third-order valence-corrected chi connectivity index (χ3v) is 4.86. The number of halogens is 4. The maximum Gasteiger partial charge on any atom is 0.387 e. The molecule has 0 aliphatic rings.